The Balaban J connectivity index is 2.39. The molecule has 3 atom stereocenters. The average molecular weight is 352 g/mol. The van der Waals surface area contributed by atoms with Gasteiger partial charge in [0.15, 0.2) is 11.6 Å². The Labute approximate surface area is 150 Å². The minimum Gasteiger partial charge on any atom is -0.481 e. The number of hydrogen-bond acceptors (Lipinski definition) is 4. The maximum absolute atomic E-state index is 12.1. The fourth-order valence-corrected chi connectivity index (χ4v) is 3.42. The van der Waals surface area contributed by atoms with E-state index in [9.17, 15) is 19.5 Å². The minimum atomic E-state index is -0.915. The van der Waals surface area contributed by atoms with Crippen molar-refractivity contribution in [1.82, 2.24) is 0 Å². The number of carbonyl (C=O) groups excluding carboxylic acids is 2. The molecule has 0 aromatic carbocycles. The molecule has 1 fully saturated rings. The van der Waals surface area contributed by atoms with E-state index in [1.165, 1.54) is 0 Å². The van der Waals surface area contributed by atoms with Crippen molar-refractivity contribution < 1.29 is 24.6 Å². The van der Waals surface area contributed by atoms with Crippen molar-refractivity contribution in [3.63, 3.8) is 0 Å². The van der Waals surface area contributed by atoms with Crippen molar-refractivity contribution >= 4 is 17.5 Å². The number of unbranched alkanes of at least 4 members (excludes halogenated alkanes) is 5. The zero-order valence-electron chi connectivity index (χ0n) is 15.3. The molecule has 1 rings (SSSR count). The largest absolute Gasteiger partial charge is 0.481 e. The summed E-state index contributed by atoms with van der Waals surface area (Å²) in [5.74, 6) is -1.07. The van der Waals surface area contributed by atoms with Crippen LogP contribution in [0.4, 0.5) is 0 Å². The Morgan fingerprint density at radius 2 is 1.76 bits per heavy atom. The summed E-state index contributed by atoms with van der Waals surface area (Å²) < 4.78 is 0. The first-order valence-corrected chi connectivity index (χ1v) is 9.60. The fourth-order valence-electron chi connectivity index (χ4n) is 3.42. The molecule has 25 heavy (non-hydrogen) atoms. The first-order chi connectivity index (χ1) is 12.0. The van der Waals surface area contributed by atoms with Gasteiger partial charge in [-0.05, 0) is 37.7 Å². The van der Waals surface area contributed by atoms with Crippen molar-refractivity contribution in [3.05, 3.63) is 12.2 Å². The number of carboxylic acid groups (broad SMARTS) is 1. The van der Waals surface area contributed by atoms with Crippen LogP contribution in [-0.4, -0.2) is 33.9 Å². The molecule has 1 aliphatic carbocycles. The Morgan fingerprint density at radius 1 is 1.08 bits per heavy atom. The molecular weight excluding hydrogens is 320 g/mol. The van der Waals surface area contributed by atoms with Crippen molar-refractivity contribution in [2.24, 2.45) is 11.8 Å². The van der Waals surface area contributed by atoms with E-state index < -0.39 is 12.1 Å². The minimum absolute atomic E-state index is 0.0587. The van der Waals surface area contributed by atoms with E-state index in [1.54, 1.807) is 6.08 Å². The molecule has 0 spiro atoms. The summed E-state index contributed by atoms with van der Waals surface area (Å²) in [7, 11) is 0. The molecule has 0 aliphatic heterocycles. The summed E-state index contributed by atoms with van der Waals surface area (Å²) in [5.41, 5.74) is 0. The number of aliphatic carboxylic acids is 1. The van der Waals surface area contributed by atoms with Crippen LogP contribution in [-0.2, 0) is 14.4 Å². The third kappa shape index (κ3) is 8.43. The van der Waals surface area contributed by atoms with E-state index in [1.807, 2.05) is 6.08 Å². The van der Waals surface area contributed by atoms with Crippen LogP contribution in [0.25, 0.3) is 0 Å². The maximum Gasteiger partial charge on any atom is 0.303 e. The number of ketones is 2. The topological polar surface area (TPSA) is 91.7 Å². The normalized spacial score (nSPS) is 23.4. The predicted molar refractivity (Wildman–Crippen MR) is 96.2 cm³/mol. The summed E-state index contributed by atoms with van der Waals surface area (Å²) in [4.78, 5) is 34.4. The summed E-state index contributed by atoms with van der Waals surface area (Å²) in [5, 5.41) is 18.5. The molecule has 1 saturated carbocycles. The molecule has 5 nitrogen and oxygen atoms in total. The smallest absolute Gasteiger partial charge is 0.303 e. The molecule has 3 unspecified atom stereocenters. The van der Waals surface area contributed by atoms with Gasteiger partial charge in [0.1, 0.15) is 6.10 Å². The van der Waals surface area contributed by atoms with Gasteiger partial charge in [0, 0.05) is 18.8 Å². The first kappa shape index (κ1) is 21.6. The van der Waals surface area contributed by atoms with E-state index in [-0.39, 0.29) is 29.8 Å². The summed E-state index contributed by atoms with van der Waals surface area (Å²) in [6.45, 7) is 2.10. The molecule has 0 aromatic rings. The zero-order chi connectivity index (χ0) is 18.7. The fraction of sp³-hybridized carbons (Fsp3) is 0.750. The highest BCUT2D eigenvalue weighted by Gasteiger charge is 2.39. The quantitative estimate of drug-likeness (QED) is 0.390. The van der Waals surface area contributed by atoms with Crippen LogP contribution in [0.5, 0.6) is 0 Å². The molecule has 5 heteroatoms. The molecule has 0 radical (unpaired) electrons. The van der Waals surface area contributed by atoms with Crippen LogP contribution in [0.15, 0.2) is 12.2 Å². The molecule has 0 amide bonds. The summed E-state index contributed by atoms with van der Waals surface area (Å²) in [6, 6.07) is 0. The number of hydrogen-bond donors (Lipinski definition) is 2. The predicted octanol–water partition coefficient (Wildman–Crippen LogP) is 3.68. The van der Waals surface area contributed by atoms with Gasteiger partial charge in [-0.1, -0.05) is 45.1 Å². The van der Waals surface area contributed by atoms with Gasteiger partial charge in [0.05, 0.1) is 0 Å². The van der Waals surface area contributed by atoms with E-state index in [4.69, 9.17) is 5.11 Å². The van der Waals surface area contributed by atoms with Crippen LogP contribution in [0.3, 0.4) is 0 Å². The first-order valence-electron chi connectivity index (χ1n) is 9.60. The number of rotatable bonds is 13. The lowest BCUT2D eigenvalue weighted by Crippen LogP contribution is -2.19. The lowest BCUT2D eigenvalue weighted by atomic mass is 9.89. The number of Topliss-reactive ketones (excluding diaryl/α,β-unsaturated/α-hetero) is 1. The Bertz CT molecular complexity index is 469. The third-order valence-corrected chi connectivity index (χ3v) is 4.92. The number of carbonyl (C=O) groups is 3. The van der Waals surface area contributed by atoms with Gasteiger partial charge in [0.25, 0.3) is 0 Å². The number of aliphatic hydroxyl groups excluding tert-OH is 1. The lowest BCUT2D eigenvalue weighted by Gasteiger charge is -2.14. The molecule has 0 saturated heterocycles. The maximum atomic E-state index is 12.1. The van der Waals surface area contributed by atoms with E-state index >= 15 is 0 Å². The third-order valence-electron chi connectivity index (χ3n) is 4.92. The second-order valence-corrected chi connectivity index (χ2v) is 7.05. The van der Waals surface area contributed by atoms with Crippen LogP contribution in [0, 0.1) is 11.8 Å². The number of allylic oxidation sites excluding steroid dienone is 2. The Morgan fingerprint density at radius 3 is 2.44 bits per heavy atom. The monoisotopic (exact) mass is 352 g/mol. The Kier molecular flexibility index (Phi) is 10.3. The van der Waals surface area contributed by atoms with E-state index in [2.05, 4.69) is 6.92 Å². The second-order valence-electron chi connectivity index (χ2n) is 7.05. The van der Waals surface area contributed by atoms with E-state index in [0.29, 0.717) is 25.7 Å². The van der Waals surface area contributed by atoms with Gasteiger partial charge in [-0.3, -0.25) is 14.4 Å². The molecule has 2 N–H and O–H groups in total. The number of carboxylic acids is 1. The molecule has 0 heterocycles. The summed E-state index contributed by atoms with van der Waals surface area (Å²) >= 11 is 0. The average Bonchev–Trinajstić information content (AvgIpc) is 2.83. The standard InChI is InChI=1S/C20H32O5/c1-2-3-6-9-16(21)13-12-15-14-18(22)20(25)17(15)10-7-4-5-8-11-19(23)24/h12-13,15,17-18,22H,2-11,14H2,1H3,(H,23,24). The highest BCUT2D eigenvalue weighted by molar-refractivity contribution is 5.91. The van der Waals surface area contributed by atoms with Gasteiger partial charge < -0.3 is 10.2 Å². The van der Waals surface area contributed by atoms with Gasteiger partial charge in [-0.25, -0.2) is 0 Å². The second kappa shape index (κ2) is 12.0. The molecule has 0 bridgehead atoms. The lowest BCUT2D eigenvalue weighted by molar-refractivity contribution is -0.137. The van der Waals surface area contributed by atoms with Gasteiger partial charge in [0.2, 0.25) is 0 Å². The van der Waals surface area contributed by atoms with Crippen LogP contribution < -0.4 is 0 Å². The van der Waals surface area contributed by atoms with Crippen molar-refractivity contribution in [1.29, 1.82) is 0 Å². The molecule has 1 aliphatic rings. The number of aliphatic hydroxyl groups is 1. The Hall–Kier alpha value is -1.49. The van der Waals surface area contributed by atoms with Gasteiger partial charge in [-0.2, -0.15) is 0 Å². The van der Waals surface area contributed by atoms with Crippen LogP contribution >= 0.6 is 0 Å². The van der Waals surface area contributed by atoms with Crippen LogP contribution in [0.1, 0.15) is 77.6 Å². The SMILES string of the molecule is CCCCCC(=O)C=CC1CC(O)C(=O)C1CCCCCCC(=O)O. The molecular formula is C20H32O5. The van der Waals surface area contributed by atoms with Crippen molar-refractivity contribution in [2.75, 3.05) is 0 Å². The molecule has 142 valence electrons. The van der Waals surface area contributed by atoms with Crippen molar-refractivity contribution in [3.8, 4) is 0 Å². The van der Waals surface area contributed by atoms with Crippen LogP contribution in [0.2, 0.25) is 0 Å². The molecule has 0 aromatic heterocycles. The highest BCUT2D eigenvalue weighted by atomic mass is 16.4. The van der Waals surface area contributed by atoms with Gasteiger partial charge >= 0.3 is 5.97 Å². The van der Waals surface area contributed by atoms with E-state index in [0.717, 1.165) is 38.5 Å². The highest BCUT2D eigenvalue weighted by Crippen LogP contribution is 2.34. The summed E-state index contributed by atoms with van der Waals surface area (Å²) in [6.07, 6.45) is 10.6. The van der Waals surface area contributed by atoms with Gasteiger partial charge in [-0.15, -0.1) is 0 Å². The zero-order valence-corrected chi connectivity index (χ0v) is 15.3. The van der Waals surface area contributed by atoms with Crippen molar-refractivity contribution in [2.45, 2.75) is 83.7 Å².